The van der Waals surface area contributed by atoms with Gasteiger partial charge in [-0.1, -0.05) is 41.4 Å². The second-order valence-corrected chi connectivity index (χ2v) is 7.24. The molecule has 0 unspecified atom stereocenters. The molecular formula is C18H19Cl2NO2S. The van der Waals surface area contributed by atoms with Gasteiger partial charge in [0.25, 0.3) is 0 Å². The largest absolute Gasteiger partial charge is 0.490 e. The number of rotatable bonds is 7. The van der Waals surface area contributed by atoms with Gasteiger partial charge in [0, 0.05) is 11.4 Å². The highest BCUT2D eigenvalue weighted by Crippen LogP contribution is 2.32. The van der Waals surface area contributed by atoms with Crippen LogP contribution < -0.4 is 10.1 Å². The molecule has 2 rings (SSSR count). The number of nitrogens with one attached hydrogen (secondary N) is 1. The van der Waals surface area contributed by atoms with E-state index < -0.39 is 0 Å². The van der Waals surface area contributed by atoms with Crippen LogP contribution in [0, 0.1) is 13.8 Å². The number of para-hydroxylation sites is 1. The number of hydrogen-bond acceptors (Lipinski definition) is 3. The average molecular weight is 384 g/mol. The van der Waals surface area contributed by atoms with Gasteiger partial charge in [-0.05, 0) is 43.2 Å². The molecule has 0 bridgehead atoms. The highest BCUT2D eigenvalue weighted by Gasteiger charge is 2.08. The van der Waals surface area contributed by atoms with Crippen molar-refractivity contribution in [1.82, 2.24) is 0 Å². The Bertz CT molecular complexity index is 702. The molecule has 0 radical (unpaired) electrons. The third kappa shape index (κ3) is 5.62. The van der Waals surface area contributed by atoms with E-state index in [2.05, 4.69) is 5.32 Å². The number of ether oxygens (including phenoxy) is 1. The van der Waals surface area contributed by atoms with Crippen LogP contribution in [0.2, 0.25) is 10.0 Å². The highest BCUT2D eigenvalue weighted by molar-refractivity contribution is 7.99. The fourth-order valence-corrected chi connectivity index (χ4v) is 3.15. The van der Waals surface area contributed by atoms with Crippen molar-refractivity contribution in [3.05, 3.63) is 57.6 Å². The van der Waals surface area contributed by atoms with Gasteiger partial charge < -0.3 is 10.1 Å². The molecule has 6 heteroatoms. The Labute approximate surface area is 156 Å². The summed E-state index contributed by atoms with van der Waals surface area (Å²) >= 11 is 13.6. The molecular weight excluding hydrogens is 365 g/mol. The number of carbonyl (C=O) groups excluding carboxylic acids is 1. The van der Waals surface area contributed by atoms with Crippen molar-refractivity contribution < 1.29 is 9.53 Å². The maximum Gasteiger partial charge on any atom is 0.234 e. The van der Waals surface area contributed by atoms with E-state index in [-0.39, 0.29) is 5.91 Å². The molecule has 1 N–H and O–H groups in total. The lowest BCUT2D eigenvalue weighted by Crippen LogP contribution is -2.16. The first-order valence-corrected chi connectivity index (χ1v) is 9.40. The number of carbonyl (C=O) groups is 1. The normalized spacial score (nSPS) is 10.5. The third-order valence-electron chi connectivity index (χ3n) is 3.29. The van der Waals surface area contributed by atoms with Crippen LogP contribution in [0.3, 0.4) is 0 Å². The first kappa shape index (κ1) is 19.0. The molecule has 0 atom stereocenters. The Kier molecular flexibility index (Phi) is 7.28. The minimum absolute atomic E-state index is 0.0236. The molecule has 0 aliphatic heterocycles. The van der Waals surface area contributed by atoms with Gasteiger partial charge in [-0.15, -0.1) is 11.8 Å². The number of benzene rings is 2. The summed E-state index contributed by atoms with van der Waals surface area (Å²) in [6.07, 6.45) is 0. The monoisotopic (exact) mass is 383 g/mol. The fraction of sp³-hybridized carbons (Fsp3) is 0.278. The first-order chi connectivity index (χ1) is 11.5. The summed E-state index contributed by atoms with van der Waals surface area (Å²) in [5.41, 5.74) is 3.03. The number of amides is 1. The molecule has 0 heterocycles. The van der Waals surface area contributed by atoms with Gasteiger partial charge in [-0.2, -0.15) is 0 Å². The maximum absolute atomic E-state index is 12.0. The van der Waals surface area contributed by atoms with Gasteiger partial charge >= 0.3 is 0 Å². The van der Waals surface area contributed by atoms with Crippen LogP contribution in [0.25, 0.3) is 0 Å². The fourth-order valence-electron chi connectivity index (χ4n) is 2.04. The summed E-state index contributed by atoms with van der Waals surface area (Å²) in [7, 11) is 0. The van der Waals surface area contributed by atoms with Crippen LogP contribution >= 0.6 is 35.0 Å². The second-order valence-electron chi connectivity index (χ2n) is 5.32. The summed E-state index contributed by atoms with van der Waals surface area (Å²) in [5, 5.41) is 3.91. The Hall–Kier alpha value is -1.36. The molecule has 0 aliphatic carbocycles. The zero-order chi connectivity index (χ0) is 17.5. The van der Waals surface area contributed by atoms with E-state index in [1.54, 1.807) is 18.2 Å². The molecule has 1 amide bonds. The van der Waals surface area contributed by atoms with Crippen molar-refractivity contribution in [2.24, 2.45) is 0 Å². The highest BCUT2D eigenvalue weighted by atomic mass is 35.5. The summed E-state index contributed by atoms with van der Waals surface area (Å²) in [6, 6.07) is 11.2. The number of thioether (sulfide) groups is 1. The minimum Gasteiger partial charge on any atom is -0.490 e. The Morgan fingerprint density at radius 3 is 2.58 bits per heavy atom. The summed E-state index contributed by atoms with van der Waals surface area (Å²) in [6.45, 7) is 4.41. The van der Waals surface area contributed by atoms with Crippen molar-refractivity contribution in [2.75, 3.05) is 23.4 Å². The van der Waals surface area contributed by atoms with Gasteiger partial charge in [-0.3, -0.25) is 4.79 Å². The number of hydrogen-bond donors (Lipinski definition) is 1. The quantitative estimate of drug-likeness (QED) is 0.653. The lowest BCUT2D eigenvalue weighted by Gasteiger charge is -2.10. The van der Waals surface area contributed by atoms with Crippen molar-refractivity contribution in [1.29, 1.82) is 0 Å². The van der Waals surface area contributed by atoms with E-state index in [9.17, 15) is 4.79 Å². The lowest BCUT2D eigenvalue weighted by molar-refractivity contribution is -0.113. The average Bonchev–Trinajstić information content (AvgIpc) is 2.53. The molecule has 0 fully saturated rings. The molecule has 128 valence electrons. The first-order valence-electron chi connectivity index (χ1n) is 7.49. The molecule has 3 nitrogen and oxygen atoms in total. The van der Waals surface area contributed by atoms with Gasteiger partial charge in [0.05, 0.1) is 22.4 Å². The van der Waals surface area contributed by atoms with Crippen LogP contribution in [-0.2, 0) is 4.79 Å². The predicted molar refractivity (Wildman–Crippen MR) is 104 cm³/mol. The topological polar surface area (TPSA) is 38.3 Å². The van der Waals surface area contributed by atoms with E-state index in [4.69, 9.17) is 27.9 Å². The minimum atomic E-state index is -0.0236. The maximum atomic E-state index is 12.0. The molecule has 2 aromatic carbocycles. The molecule has 0 saturated heterocycles. The lowest BCUT2D eigenvalue weighted by atomic mass is 10.1. The van der Waals surface area contributed by atoms with Crippen molar-refractivity contribution in [2.45, 2.75) is 13.8 Å². The van der Waals surface area contributed by atoms with E-state index in [0.717, 1.165) is 16.8 Å². The van der Waals surface area contributed by atoms with Crippen LogP contribution in [0.1, 0.15) is 11.1 Å². The zero-order valence-electron chi connectivity index (χ0n) is 13.6. The molecule has 24 heavy (non-hydrogen) atoms. The SMILES string of the molecule is Cc1ccc(C)c(NC(=O)CSCCOc2c(Cl)cccc2Cl)c1. The van der Waals surface area contributed by atoms with Crippen molar-refractivity contribution in [3.63, 3.8) is 0 Å². The summed E-state index contributed by atoms with van der Waals surface area (Å²) in [5.74, 6) is 1.50. The van der Waals surface area contributed by atoms with Crippen molar-refractivity contribution in [3.8, 4) is 5.75 Å². The third-order valence-corrected chi connectivity index (χ3v) is 4.81. The van der Waals surface area contributed by atoms with Gasteiger partial charge in [-0.25, -0.2) is 0 Å². The van der Waals surface area contributed by atoms with Gasteiger partial charge in [0.15, 0.2) is 5.75 Å². The molecule has 0 aliphatic rings. The molecule has 0 aromatic heterocycles. The second kappa shape index (κ2) is 9.21. The van der Waals surface area contributed by atoms with Crippen LogP contribution in [0.15, 0.2) is 36.4 Å². The van der Waals surface area contributed by atoms with E-state index in [0.29, 0.717) is 33.9 Å². The zero-order valence-corrected chi connectivity index (χ0v) is 15.9. The number of halogens is 2. The Balaban J connectivity index is 1.72. The van der Waals surface area contributed by atoms with Crippen LogP contribution in [0.4, 0.5) is 5.69 Å². The summed E-state index contributed by atoms with van der Waals surface area (Å²) < 4.78 is 5.59. The van der Waals surface area contributed by atoms with Crippen LogP contribution in [-0.4, -0.2) is 24.0 Å². The number of anilines is 1. The predicted octanol–water partition coefficient (Wildman–Crippen LogP) is 5.36. The molecule has 0 saturated carbocycles. The van der Waals surface area contributed by atoms with Gasteiger partial charge in [0.1, 0.15) is 0 Å². The van der Waals surface area contributed by atoms with E-state index in [1.165, 1.54) is 11.8 Å². The standard InChI is InChI=1S/C18H19Cl2NO2S/c1-12-6-7-13(2)16(10-12)21-17(22)11-24-9-8-23-18-14(19)4-3-5-15(18)20/h3-7,10H,8-9,11H2,1-2H3,(H,21,22). The number of aryl methyl sites for hydroxylation is 2. The molecule has 2 aromatic rings. The molecule has 0 spiro atoms. The van der Waals surface area contributed by atoms with Gasteiger partial charge in [0.2, 0.25) is 5.91 Å². The van der Waals surface area contributed by atoms with Crippen LogP contribution in [0.5, 0.6) is 5.75 Å². The Morgan fingerprint density at radius 1 is 1.17 bits per heavy atom. The summed E-state index contributed by atoms with van der Waals surface area (Å²) in [4.78, 5) is 12.0. The van der Waals surface area contributed by atoms with E-state index >= 15 is 0 Å². The smallest absolute Gasteiger partial charge is 0.234 e. The Morgan fingerprint density at radius 2 is 1.88 bits per heavy atom. The van der Waals surface area contributed by atoms with E-state index in [1.807, 2.05) is 32.0 Å². The van der Waals surface area contributed by atoms with Crippen molar-refractivity contribution >= 4 is 46.6 Å².